The van der Waals surface area contributed by atoms with E-state index in [0.29, 0.717) is 35.6 Å². The fourth-order valence-electron chi connectivity index (χ4n) is 3.19. The van der Waals surface area contributed by atoms with E-state index in [0.717, 1.165) is 30.0 Å². The van der Waals surface area contributed by atoms with E-state index in [1.165, 1.54) is 18.3 Å². The van der Waals surface area contributed by atoms with Gasteiger partial charge in [0.2, 0.25) is 0 Å². The van der Waals surface area contributed by atoms with Crippen LogP contribution in [0.3, 0.4) is 0 Å². The number of allylic oxidation sites excluding steroid dienone is 4. The molecule has 0 aliphatic rings. The molecule has 0 fully saturated rings. The first kappa shape index (κ1) is 29.7. The Kier molecular flexibility index (Phi) is 11.9. The van der Waals surface area contributed by atoms with Crippen LogP contribution in [0.1, 0.15) is 57.7 Å². The maximum absolute atomic E-state index is 13.4. The predicted molar refractivity (Wildman–Crippen MR) is 144 cm³/mol. The van der Waals surface area contributed by atoms with Crippen LogP contribution >= 0.6 is 0 Å². The average Bonchev–Trinajstić information content (AvgIpc) is 2.87. The van der Waals surface area contributed by atoms with Gasteiger partial charge in [0.05, 0.1) is 5.69 Å². The quantitative estimate of drug-likeness (QED) is 0.187. The van der Waals surface area contributed by atoms with Crippen molar-refractivity contribution in [1.29, 1.82) is 0 Å². The molecule has 1 heterocycles. The number of alkyl halides is 3. The normalized spacial score (nSPS) is 13.7. The third kappa shape index (κ3) is 9.79. The van der Waals surface area contributed by atoms with Crippen molar-refractivity contribution in [1.82, 2.24) is 10.3 Å². The van der Waals surface area contributed by atoms with Gasteiger partial charge in [-0.25, -0.2) is 14.4 Å². The molecular formula is C29H34F4N4. The van der Waals surface area contributed by atoms with E-state index >= 15 is 0 Å². The molecule has 1 N–H and O–H groups in total. The lowest BCUT2D eigenvalue weighted by molar-refractivity contribution is -0.0925. The van der Waals surface area contributed by atoms with Crippen molar-refractivity contribution >= 4 is 12.1 Å². The van der Waals surface area contributed by atoms with E-state index in [-0.39, 0.29) is 12.4 Å². The van der Waals surface area contributed by atoms with Gasteiger partial charge in [-0.3, -0.25) is 4.99 Å². The summed E-state index contributed by atoms with van der Waals surface area (Å²) in [5.41, 5.74) is 2.51. The van der Waals surface area contributed by atoms with Crippen LogP contribution in [0.5, 0.6) is 0 Å². The number of unbranched alkanes of at least 4 members (excludes halogenated alkanes) is 2. The molecule has 0 saturated carbocycles. The number of nitrogens with zero attached hydrogens (tertiary/aromatic N) is 3. The van der Waals surface area contributed by atoms with Crippen LogP contribution in [0.25, 0.3) is 11.3 Å². The van der Waals surface area contributed by atoms with Crippen LogP contribution in [-0.4, -0.2) is 29.8 Å². The van der Waals surface area contributed by atoms with Crippen molar-refractivity contribution < 1.29 is 17.6 Å². The molecule has 2 aromatic rings. The largest absolute Gasteiger partial charge is 0.433 e. The molecule has 1 aromatic carbocycles. The molecule has 8 heteroatoms. The molecular weight excluding hydrogens is 480 g/mol. The number of rotatable bonds is 11. The Morgan fingerprint density at radius 3 is 2.35 bits per heavy atom. The lowest BCUT2D eigenvalue weighted by Gasteiger charge is -2.13. The Morgan fingerprint density at radius 2 is 1.73 bits per heavy atom. The molecule has 0 spiro atoms. The van der Waals surface area contributed by atoms with Gasteiger partial charge < -0.3 is 5.32 Å². The van der Waals surface area contributed by atoms with E-state index < -0.39 is 11.9 Å². The number of hydrogen-bond donors (Lipinski definition) is 1. The summed E-state index contributed by atoms with van der Waals surface area (Å²) in [6.07, 6.45) is 5.87. The summed E-state index contributed by atoms with van der Waals surface area (Å²) < 4.78 is 53.3. The fraction of sp³-hybridized carbons (Fsp3) is 0.345. The Balaban J connectivity index is 2.35. The number of aryl methyl sites for hydroxylation is 1. The van der Waals surface area contributed by atoms with Crippen LogP contribution in [-0.2, 0) is 0 Å². The molecule has 0 aliphatic carbocycles. The SMILES string of the molecule is C\C=C(/C=N\C(=C\CCC)C(F)(F)F)CN/C(=N/C=C/CCC)c1nc(-c2ccc(F)cc2)ccc1C. The van der Waals surface area contributed by atoms with Gasteiger partial charge in [0, 0.05) is 24.5 Å². The zero-order valence-electron chi connectivity index (χ0n) is 21.7. The van der Waals surface area contributed by atoms with Gasteiger partial charge in [0.1, 0.15) is 17.2 Å². The minimum Gasteiger partial charge on any atom is -0.364 e. The monoisotopic (exact) mass is 514 g/mol. The second-order valence-corrected chi connectivity index (χ2v) is 8.37. The number of pyridine rings is 1. The van der Waals surface area contributed by atoms with Crippen molar-refractivity contribution in [2.45, 2.75) is 59.6 Å². The highest BCUT2D eigenvalue weighted by molar-refractivity contribution is 5.99. The van der Waals surface area contributed by atoms with Gasteiger partial charge in [-0.2, -0.15) is 13.2 Å². The van der Waals surface area contributed by atoms with E-state index in [9.17, 15) is 17.6 Å². The molecule has 0 saturated heterocycles. The van der Waals surface area contributed by atoms with Crippen LogP contribution in [0.15, 0.2) is 82.1 Å². The number of halogens is 4. The van der Waals surface area contributed by atoms with Crippen LogP contribution < -0.4 is 5.32 Å². The summed E-state index contributed by atoms with van der Waals surface area (Å²) in [5.74, 6) is 0.138. The smallest absolute Gasteiger partial charge is 0.364 e. The van der Waals surface area contributed by atoms with E-state index in [2.05, 4.69) is 22.2 Å². The predicted octanol–water partition coefficient (Wildman–Crippen LogP) is 8.11. The second-order valence-electron chi connectivity index (χ2n) is 8.37. The van der Waals surface area contributed by atoms with Gasteiger partial charge in [-0.05, 0) is 68.2 Å². The van der Waals surface area contributed by atoms with Crippen molar-refractivity contribution in [2.75, 3.05) is 6.54 Å². The van der Waals surface area contributed by atoms with Crippen LogP contribution in [0.2, 0.25) is 0 Å². The minimum absolute atomic E-state index is 0.196. The Labute approximate surface area is 216 Å². The summed E-state index contributed by atoms with van der Waals surface area (Å²) in [6.45, 7) is 7.71. The molecule has 2 rings (SSSR count). The molecule has 0 atom stereocenters. The number of nitrogens with one attached hydrogen (secondary N) is 1. The molecule has 1 aromatic heterocycles. The lowest BCUT2D eigenvalue weighted by atomic mass is 10.1. The van der Waals surface area contributed by atoms with Gasteiger partial charge in [0.25, 0.3) is 0 Å². The number of amidine groups is 1. The number of hydrogen-bond acceptors (Lipinski definition) is 3. The highest BCUT2D eigenvalue weighted by atomic mass is 19.4. The first-order chi connectivity index (χ1) is 17.7. The summed E-state index contributed by atoms with van der Waals surface area (Å²) in [5, 5.41) is 3.21. The average molecular weight is 515 g/mol. The maximum atomic E-state index is 13.4. The van der Waals surface area contributed by atoms with Crippen LogP contribution in [0.4, 0.5) is 17.6 Å². The molecule has 0 unspecified atom stereocenters. The third-order valence-corrected chi connectivity index (χ3v) is 5.34. The summed E-state index contributed by atoms with van der Waals surface area (Å²) >= 11 is 0. The highest BCUT2D eigenvalue weighted by Gasteiger charge is 2.33. The first-order valence-corrected chi connectivity index (χ1v) is 12.4. The van der Waals surface area contributed by atoms with E-state index in [1.807, 2.05) is 32.1 Å². The van der Waals surface area contributed by atoms with E-state index in [1.54, 1.807) is 31.3 Å². The summed E-state index contributed by atoms with van der Waals surface area (Å²) in [7, 11) is 0. The van der Waals surface area contributed by atoms with Gasteiger partial charge in [-0.1, -0.05) is 51.0 Å². The third-order valence-electron chi connectivity index (χ3n) is 5.34. The van der Waals surface area contributed by atoms with Gasteiger partial charge in [-0.15, -0.1) is 0 Å². The Hall–Kier alpha value is -3.55. The van der Waals surface area contributed by atoms with Gasteiger partial charge >= 0.3 is 6.18 Å². The van der Waals surface area contributed by atoms with E-state index in [4.69, 9.17) is 4.98 Å². The topological polar surface area (TPSA) is 49.6 Å². The first-order valence-electron chi connectivity index (χ1n) is 12.4. The highest BCUT2D eigenvalue weighted by Crippen LogP contribution is 2.27. The van der Waals surface area contributed by atoms with Crippen molar-refractivity contribution in [3.05, 3.63) is 89.2 Å². The van der Waals surface area contributed by atoms with Crippen molar-refractivity contribution in [2.24, 2.45) is 9.98 Å². The summed E-state index contributed by atoms with van der Waals surface area (Å²) in [6, 6.07) is 9.81. The number of benzene rings is 1. The summed E-state index contributed by atoms with van der Waals surface area (Å²) in [4.78, 5) is 13.0. The minimum atomic E-state index is -4.52. The van der Waals surface area contributed by atoms with Crippen LogP contribution in [0, 0.1) is 12.7 Å². The fourth-order valence-corrected chi connectivity index (χ4v) is 3.19. The molecule has 0 bridgehead atoms. The lowest BCUT2D eigenvalue weighted by Crippen LogP contribution is -2.28. The molecule has 0 aliphatic heterocycles. The molecule has 198 valence electrons. The molecule has 0 radical (unpaired) electrons. The zero-order valence-corrected chi connectivity index (χ0v) is 21.7. The molecule has 0 amide bonds. The van der Waals surface area contributed by atoms with Gasteiger partial charge in [0.15, 0.2) is 5.84 Å². The Bertz CT molecular complexity index is 1160. The Morgan fingerprint density at radius 1 is 1.03 bits per heavy atom. The van der Waals surface area contributed by atoms with Crippen molar-refractivity contribution in [3.8, 4) is 11.3 Å². The molecule has 37 heavy (non-hydrogen) atoms. The van der Waals surface area contributed by atoms with Crippen molar-refractivity contribution in [3.63, 3.8) is 0 Å². The molecule has 4 nitrogen and oxygen atoms in total. The maximum Gasteiger partial charge on any atom is 0.433 e. The second kappa shape index (κ2) is 14.9. The zero-order chi connectivity index (χ0) is 27.3. The number of aromatic nitrogens is 1. The standard InChI is InChI=1S/C29H34F4N4/c1-5-8-10-18-34-28(27-21(4)12-17-25(37-27)23-13-15-24(30)16-14-23)36-20-22(7-3)19-35-26(11-9-6-2)29(31,32)33/h7,10-19H,5-6,8-9,20H2,1-4H3,(H,34,36)/b18-10+,22-7+,26-11+,35-19-. The number of aliphatic imine (C=N–C) groups is 2.